The number of anilines is 1. The average Bonchev–Trinajstić information content (AvgIpc) is 2.73. The van der Waals surface area contributed by atoms with Gasteiger partial charge in [-0.25, -0.2) is 16.8 Å². The third kappa shape index (κ3) is 4.53. The molecule has 1 saturated heterocycles. The lowest BCUT2D eigenvalue weighted by Gasteiger charge is -2.30. The second-order valence-electron chi connectivity index (χ2n) is 7.04. The number of nitriles is 1. The van der Waals surface area contributed by atoms with E-state index >= 15 is 0 Å². The summed E-state index contributed by atoms with van der Waals surface area (Å²) in [5.74, 6) is -0.796. The minimum absolute atomic E-state index is 0.0338. The summed E-state index contributed by atoms with van der Waals surface area (Å²) >= 11 is 0. The molecule has 1 amide bonds. The van der Waals surface area contributed by atoms with Crippen LogP contribution in [0.3, 0.4) is 0 Å². The van der Waals surface area contributed by atoms with Crippen molar-refractivity contribution in [3.8, 4) is 6.07 Å². The van der Waals surface area contributed by atoms with E-state index in [4.69, 9.17) is 0 Å². The Morgan fingerprint density at radius 1 is 1.00 bits per heavy atom. The summed E-state index contributed by atoms with van der Waals surface area (Å²) in [6, 6.07) is 14.1. The molecule has 2 aromatic rings. The molecule has 0 aliphatic carbocycles. The predicted molar refractivity (Wildman–Crippen MR) is 111 cm³/mol. The Bertz CT molecular complexity index is 1210. The number of sulfone groups is 1. The van der Waals surface area contributed by atoms with Crippen LogP contribution in [0.15, 0.2) is 58.3 Å². The summed E-state index contributed by atoms with van der Waals surface area (Å²) in [7, 11) is -7.34. The summed E-state index contributed by atoms with van der Waals surface area (Å²) < 4.78 is 50.9. The zero-order valence-corrected chi connectivity index (χ0v) is 17.9. The first kappa shape index (κ1) is 22.0. The summed E-state index contributed by atoms with van der Waals surface area (Å²) in [6.07, 6.45) is 1.65. The highest BCUT2D eigenvalue weighted by Gasteiger charge is 2.33. The highest BCUT2D eigenvalue weighted by molar-refractivity contribution is 7.91. The van der Waals surface area contributed by atoms with Gasteiger partial charge in [0.2, 0.25) is 15.9 Å². The second-order valence-corrected chi connectivity index (χ2v) is 10.9. The summed E-state index contributed by atoms with van der Waals surface area (Å²) in [5, 5.41) is 11.8. The molecule has 0 spiro atoms. The van der Waals surface area contributed by atoms with Gasteiger partial charge >= 0.3 is 0 Å². The normalized spacial score (nSPS) is 16.0. The van der Waals surface area contributed by atoms with Gasteiger partial charge in [-0.05, 0) is 37.1 Å². The SMILES string of the molecule is CS(=O)(=O)c1ccccc1NC(=O)C1CCN(S(=O)(=O)c2ccccc2C#N)CC1. The number of sulfonamides is 1. The lowest BCUT2D eigenvalue weighted by Crippen LogP contribution is -2.41. The van der Waals surface area contributed by atoms with Crippen molar-refractivity contribution in [2.75, 3.05) is 24.7 Å². The minimum Gasteiger partial charge on any atom is -0.325 e. The van der Waals surface area contributed by atoms with Gasteiger partial charge in [-0.2, -0.15) is 9.57 Å². The Kier molecular flexibility index (Phi) is 6.26. The van der Waals surface area contributed by atoms with Gasteiger partial charge in [0.15, 0.2) is 9.84 Å². The Labute approximate surface area is 176 Å². The van der Waals surface area contributed by atoms with E-state index in [1.54, 1.807) is 24.3 Å². The Hall–Kier alpha value is -2.74. The number of para-hydroxylation sites is 1. The maximum absolute atomic E-state index is 12.9. The quantitative estimate of drug-likeness (QED) is 0.747. The molecule has 1 fully saturated rings. The number of hydrogen-bond acceptors (Lipinski definition) is 6. The molecule has 1 heterocycles. The highest BCUT2D eigenvalue weighted by Crippen LogP contribution is 2.27. The molecule has 0 bridgehead atoms. The van der Waals surface area contributed by atoms with Crippen molar-refractivity contribution >= 4 is 31.5 Å². The molecular weight excluding hydrogens is 426 g/mol. The summed E-state index contributed by atoms with van der Waals surface area (Å²) in [4.78, 5) is 12.6. The largest absolute Gasteiger partial charge is 0.325 e. The molecule has 30 heavy (non-hydrogen) atoms. The number of benzene rings is 2. The third-order valence-electron chi connectivity index (χ3n) is 4.99. The predicted octanol–water partition coefficient (Wildman–Crippen LogP) is 2.00. The fourth-order valence-corrected chi connectivity index (χ4v) is 5.87. The molecule has 0 atom stereocenters. The molecule has 1 aliphatic heterocycles. The van der Waals surface area contributed by atoms with Crippen molar-refractivity contribution in [1.82, 2.24) is 4.31 Å². The first-order valence-corrected chi connectivity index (χ1v) is 12.6. The van der Waals surface area contributed by atoms with E-state index in [0.717, 1.165) is 6.26 Å². The monoisotopic (exact) mass is 447 g/mol. The first-order chi connectivity index (χ1) is 14.1. The molecule has 158 valence electrons. The van der Waals surface area contributed by atoms with Crippen LogP contribution in [-0.2, 0) is 24.7 Å². The van der Waals surface area contributed by atoms with Gasteiger partial charge < -0.3 is 5.32 Å². The molecule has 1 aliphatic rings. The van der Waals surface area contributed by atoms with Gasteiger partial charge in [0.25, 0.3) is 0 Å². The van der Waals surface area contributed by atoms with E-state index < -0.39 is 25.8 Å². The van der Waals surface area contributed by atoms with Crippen LogP contribution in [0.5, 0.6) is 0 Å². The number of amides is 1. The van der Waals surface area contributed by atoms with E-state index in [0.29, 0.717) is 12.8 Å². The van der Waals surface area contributed by atoms with Crippen molar-refractivity contribution < 1.29 is 21.6 Å². The zero-order chi connectivity index (χ0) is 21.9. The lowest BCUT2D eigenvalue weighted by molar-refractivity contribution is -0.120. The van der Waals surface area contributed by atoms with Crippen molar-refractivity contribution in [2.24, 2.45) is 5.92 Å². The maximum Gasteiger partial charge on any atom is 0.244 e. The number of hydrogen-bond donors (Lipinski definition) is 1. The number of carbonyl (C=O) groups excluding carboxylic acids is 1. The van der Waals surface area contributed by atoms with Crippen molar-refractivity contribution in [3.05, 3.63) is 54.1 Å². The van der Waals surface area contributed by atoms with Crippen LogP contribution in [-0.4, -0.2) is 46.4 Å². The molecule has 0 unspecified atom stereocenters. The number of piperidine rings is 1. The molecule has 3 rings (SSSR count). The maximum atomic E-state index is 12.9. The van der Waals surface area contributed by atoms with Gasteiger partial charge in [-0.3, -0.25) is 4.79 Å². The smallest absolute Gasteiger partial charge is 0.244 e. The molecule has 1 N–H and O–H groups in total. The van der Waals surface area contributed by atoms with E-state index in [1.807, 2.05) is 6.07 Å². The topological polar surface area (TPSA) is 124 Å². The molecule has 8 nitrogen and oxygen atoms in total. The van der Waals surface area contributed by atoms with Gasteiger partial charge in [0.1, 0.15) is 6.07 Å². The fraction of sp³-hybridized carbons (Fsp3) is 0.300. The van der Waals surface area contributed by atoms with Crippen LogP contribution in [0, 0.1) is 17.2 Å². The van der Waals surface area contributed by atoms with Crippen molar-refractivity contribution in [1.29, 1.82) is 5.26 Å². The second kappa shape index (κ2) is 8.55. The molecular formula is C20H21N3O5S2. The van der Waals surface area contributed by atoms with Crippen LogP contribution in [0.2, 0.25) is 0 Å². The van der Waals surface area contributed by atoms with E-state index in [1.165, 1.54) is 28.6 Å². The van der Waals surface area contributed by atoms with Crippen LogP contribution in [0.1, 0.15) is 18.4 Å². The number of nitrogens with zero attached hydrogens (tertiary/aromatic N) is 2. The molecule has 0 aromatic heterocycles. The van der Waals surface area contributed by atoms with Crippen LogP contribution < -0.4 is 5.32 Å². The lowest BCUT2D eigenvalue weighted by atomic mass is 9.97. The minimum atomic E-state index is -3.84. The van der Waals surface area contributed by atoms with Crippen molar-refractivity contribution in [3.63, 3.8) is 0 Å². The van der Waals surface area contributed by atoms with E-state index in [2.05, 4.69) is 5.32 Å². The average molecular weight is 448 g/mol. The highest BCUT2D eigenvalue weighted by atomic mass is 32.2. The number of carbonyl (C=O) groups is 1. The zero-order valence-electron chi connectivity index (χ0n) is 16.3. The Morgan fingerprint density at radius 3 is 2.17 bits per heavy atom. The Morgan fingerprint density at radius 2 is 1.57 bits per heavy atom. The fourth-order valence-electron chi connectivity index (χ4n) is 3.41. The van der Waals surface area contributed by atoms with Gasteiger partial charge in [-0.15, -0.1) is 0 Å². The first-order valence-electron chi connectivity index (χ1n) is 9.24. The molecule has 10 heteroatoms. The van der Waals surface area contributed by atoms with Gasteiger partial charge in [0.05, 0.1) is 21.0 Å². The molecule has 0 radical (unpaired) electrons. The van der Waals surface area contributed by atoms with Gasteiger partial charge in [0, 0.05) is 25.3 Å². The van der Waals surface area contributed by atoms with Crippen LogP contribution in [0.4, 0.5) is 5.69 Å². The Balaban J connectivity index is 1.71. The van der Waals surface area contributed by atoms with Crippen molar-refractivity contribution in [2.45, 2.75) is 22.6 Å². The van der Waals surface area contributed by atoms with Gasteiger partial charge in [-0.1, -0.05) is 24.3 Å². The number of nitrogens with one attached hydrogen (secondary N) is 1. The van der Waals surface area contributed by atoms with Crippen LogP contribution >= 0.6 is 0 Å². The summed E-state index contributed by atoms with van der Waals surface area (Å²) in [5.41, 5.74) is 0.290. The standard InChI is InChI=1S/C20H21N3O5S2/c1-29(25,26)19-9-5-3-7-17(19)22-20(24)15-10-12-23(13-11-15)30(27,28)18-8-4-2-6-16(18)14-21/h2-9,15H,10-13H2,1H3,(H,22,24). The molecule has 2 aromatic carbocycles. The van der Waals surface area contributed by atoms with E-state index in [-0.39, 0.29) is 40.0 Å². The van der Waals surface area contributed by atoms with E-state index in [9.17, 15) is 26.9 Å². The number of rotatable bonds is 5. The summed E-state index contributed by atoms with van der Waals surface area (Å²) in [6.45, 7) is 0.266. The van der Waals surface area contributed by atoms with Crippen LogP contribution in [0.25, 0.3) is 0 Å². The third-order valence-corrected chi connectivity index (χ3v) is 8.11. The molecule has 0 saturated carbocycles.